The SMILES string of the molecule is C[C@@H](CN1C[C@@H]2CC[C@@H](C2)C1)c1cc(-c2noc(C(F)(F)F)n2)ccc1C(N)=O. The van der Waals surface area contributed by atoms with Crippen molar-refractivity contribution in [3.63, 3.8) is 0 Å². The number of primary amides is 1. The van der Waals surface area contributed by atoms with Gasteiger partial charge in [-0.1, -0.05) is 18.1 Å². The van der Waals surface area contributed by atoms with Gasteiger partial charge in [0.15, 0.2) is 0 Å². The van der Waals surface area contributed by atoms with Crippen LogP contribution in [0.5, 0.6) is 0 Å². The van der Waals surface area contributed by atoms with Crippen LogP contribution in [-0.2, 0) is 6.18 Å². The predicted octanol–water partition coefficient (Wildman–Crippen LogP) is 3.69. The Hall–Kier alpha value is -2.42. The molecule has 1 aliphatic carbocycles. The third-order valence-corrected chi connectivity index (χ3v) is 5.99. The maximum Gasteiger partial charge on any atom is 0.471 e. The molecule has 2 aromatic rings. The van der Waals surface area contributed by atoms with E-state index < -0.39 is 18.0 Å². The number of rotatable bonds is 5. The van der Waals surface area contributed by atoms with Crippen LogP contribution in [0, 0.1) is 11.8 Å². The van der Waals surface area contributed by atoms with Gasteiger partial charge in [-0.15, -0.1) is 0 Å². The minimum absolute atomic E-state index is 0.0241. The van der Waals surface area contributed by atoms with E-state index in [2.05, 4.69) is 19.6 Å². The van der Waals surface area contributed by atoms with Crippen LogP contribution in [0.15, 0.2) is 22.7 Å². The third kappa shape index (κ3) is 4.14. The highest BCUT2D eigenvalue weighted by Gasteiger charge is 2.38. The lowest BCUT2D eigenvalue weighted by atomic mass is 9.91. The van der Waals surface area contributed by atoms with Crippen molar-refractivity contribution in [2.24, 2.45) is 17.6 Å². The second-order valence-corrected chi connectivity index (χ2v) is 8.25. The van der Waals surface area contributed by atoms with Crippen molar-refractivity contribution in [3.05, 3.63) is 35.2 Å². The third-order valence-electron chi connectivity index (χ3n) is 5.99. The number of likely N-dealkylation sites (tertiary alicyclic amines) is 1. The lowest BCUT2D eigenvalue weighted by Gasteiger charge is -2.34. The topological polar surface area (TPSA) is 85.2 Å². The first-order valence-electron chi connectivity index (χ1n) is 9.78. The van der Waals surface area contributed by atoms with Crippen molar-refractivity contribution in [1.82, 2.24) is 15.0 Å². The van der Waals surface area contributed by atoms with Gasteiger partial charge in [0.25, 0.3) is 0 Å². The van der Waals surface area contributed by atoms with Crippen LogP contribution in [0.2, 0.25) is 0 Å². The number of alkyl halides is 3. The van der Waals surface area contributed by atoms with Crippen molar-refractivity contribution in [1.29, 1.82) is 0 Å². The fraction of sp³-hybridized carbons (Fsp3) is 0.550. The molecule has 1 saturated heterocycles. The molecule has 1 aromatic heterocycles. The number of halogens is 3. The van der Waals surface area contributed by atoms with Crippen LogP contribution in [0.4, 0.5) is 13.2 Å². The van der Waals surface area contributed by atoms with E-state index in [1.165, 1.54) is 31.4 Å². The van der Waals surface area contributed by atoms with Crippen LogP contribution in [0.25, 0.3) is 11.4 Å². The first-order valence-corrected chi connectivity index (χ1v) is 9.78. The Morgan fingerprint density at radius 3 is 2.59 bits per heavy atom. The van der Waals surface area contributed by atoms with Gasteiger partial charge in [-0.3, -0.25) is 4.79 Å². The molecule has 1 aliphatic heterocycles. The first kappa shape index (κ1) is 19.9. The van der Waals surface area contributed by atoms with E-state index in [1.54, 1.807) is 6.07 Å². The number of fused-ring (bicyclic) bond motifs is 2. The molecule has 2 bridgehead atoms. The van der Waals surface area contributed by atoms with Crippen molar-refractivity contribution < 1.29 is 22.5 Å². The van der Waals surface area contributed by atoms with Gasteiger partial charge in [0.2, 0.25) is 11.7 Å². The number of aromatic nitrogens is 2. The number of carbonyl (C=O) groups excluding carboxylic acids is 1. The molecular formula is C20H23F3N4O2. The molecule has 6 nitrogen and oxygen atoms in total. The second-order valence-electron chi connectivity index (χ2n) is 8.25. The minimum Gasteiger partial charge on any atom is -0.366 e. The van der Waals surface area contributed by atoms with Gasteiger partial charge in [0, 0.05) is 30.8 Å². The summed E-state index contributed by atoms with van der Waals surface area (Å²) in [5.41, 5.74) is 6.94. The van der Waals surface area contributed by atoms with E-state index in [0.29, 0.717) is 16.7 Å². The smallest absolute Gasteiger partial charge is 0.366 e. The van der Waals surface area contributed by atoms with E-state index in [1.807, 2.05) is 6.92 Å². The van der Waals surface area contributed by atoms with Gasteiger partial charge < -0.3 is 15.2 Å². The normalized spacial score (nSPS) is 23.3. The van der Waals surface area contributed by atoms with Gasteiger partial charge in [-0.2, -0.15) is 18.2 Å². The van der Waals surface area contributed by atoms with Crippen molar-refractivity contribution >= 4 is 5.91 Å². The van der Waals surface area contributed by atoms with Crippen LogP contribution < -0.4 is 5.73 Å². The number of nitrogens with two attached hydrogens (primary N) is 1. The molecule has 9 heteroatoms. The predicted molar refractivity (Wildman–Crippen MR) is 98.9 cm³/mol. The Morgan fingerprint density at radius 1 is 1.31 bits per heavy atom. The number of piperidine rings is 1. The fourth-order valence-corrected chi connectivity index (χ4v) is 4.74. The minimum atomic E-state index is -4.71. The summed E-state index contributed by atoms with van der Waals surface area (Å²) in [7, 11) is 0. The molecule has 2 fully saturated rings. The molecule has 1 saturated carbocycles. The summed E-state index contributed by atoms with van der Waals surface area (Å²) in [5.74, 6) is -0.682. The van der Waals surface area contributed by atoms with Crippen LogP contribution in [-0.4, -0.2) is 40.6 Å². The number of amides is 1. The maximum absolute atomic E-state index is 12.8. The zero-order chi connectivity index (χ0) is 20.8. The summed E-state index contributed by atoms with van der Waals surface area (Å²) in [4.78, 5) is 17.8. The van der Waals surface area contributed by atoms with Crippen LogP contribution >= 0.6 is 0 Å². The maximum atomic E-state index is 12.8. The highest BCUT2D eigenvalue weighted by molar-refractivity contribution is 5.95. The number of hydrogen-bond acceptors (Lipinski definition) is 5. The highest BCUT2D eigenvalue weighted by Crippen LogP contribution is 2.37. The Morgan fingerprint density at radius 2 is 2.00 bits per heavy atom. The standard InChI is InChI=1S/C20H23F3N4O2/c1-11(8-27-9-12-2-3-13(6-12)10-27)16-7-14(4-5-15(16)17(24)28)18-25-19(29-26-18)20(21,22)23/h4-5,7,11-13H,2-3,6,8-10H2,1H3,(H2,24,28)/t11-,12-,13+/m0/s1. The Balaban J connectivity index is 1.59. The summed E-state index contributed by atoms with van der Waals surface area (Å²) in [6, 6.07) is 4.66. The summed E-state index contributed by atoms with van der Waals surface area (Å²) < 4.78 is 42.6. The molecule has 2 heterocycles. The molecule has 2 aliphatic rings. The number of benzene rings is 1. The summed E-state index contributed by atoms with van der Waals surface area (Å²) in [6.45, 7) is 4.86. The first-order chi connectivity index (χ1) is 13.7. The van der Waals surface area contributed by atoms with Gasteiger partial charge >= 0.3 is 12.1 Å². The highest BCUT2D eigenvalue weighted by atomic mass is 19.4. The van der Waals surface area contributed by atoms with E-state index in [4.69, 9.17) is 5.73 Å². The lowest BCUT2D eigenvalue weighted by molar-refractivity contribution is -0.159. The molecule has 0 unspecified atom stereocenters. The number of carbonyl (C=O) groups is 1. The molecule has 0 spiro atoms. The van der Waals surface area contributed by atoms with Gasteiger partial charge in [-0.05, 0) is 54.7 Å². The zero-order valence-electron chi connectivity index (χ0n) is 16.1. The molecule has 0 radical (unpaired) electrons. The van der Waals surface area contributed by atoms with Crippen LogP contribution in [0.1, 0.15) is 53.9 Å². The zero-order valence-corrected chi connectivity index (χ0v) is 16.1. The monoisotopic (exact) mass is 408 g/mol. The lowest BCUT2D eigenvalue weighted by Crippen LogP contribution is -2.38. The number of nitrogens with zero attached hydrogens (tertiary/aromatic N) is 3. The summed E-state index contributed by atoms with van der Waals surface area (Å²) in [5, 5.41) is 3.44. The molecule has 29 heavy (non-hydrogen) atoms. The number of hydrogen-bond donors (Lipinski definition) is 1. The average molecular weight is 408 g/mol. The van der Waals surface area contributed by atoms with Crippen molar-refractivity contribution in [3.8, 4) is 11.4 Å². The van der Waals surface area contributed by atoms with E-state index in [0.717, 1.165) is 31.5 Å². The van der Waals surface area contributed by atoms with Crippen molar-refractivity contribution in [2.45, 2.75) is 38.3 Å². The second kappa shape index (κ2) is 7.44. The van der Waals surface area contributed by atoms with E-state index in [9.17, 15) is 18.0 Å². The molecule has 2 N–H and O–H groups in total. The quantitative estimate of drug-likeness (QED) is 0.816. The Bertz CT molecular complexity index is 899. The average Bonchev–Trinajstić information content (AvgIpc) is 3.28. The summed E-state index contributed by atoms with van der Waals surface area (Å²) >= 11 is 0. The van der Waals surface area contributed by atoms with Crippen molar-refractivity contribution in [2.75, 3.05) is 19.6 Å². The van der Waals surface area contributed by atoms with E-state index in [-0.39, 0.29) is 11.7 Å². The van der Waals surface area contributed by atoms with Gasteiger partial charge in [0.1, 0.15) is 0 Å². The Kier molecular flexibility index (Phi) is 5.10. The molecule has 3 atom stereocenters. The van der Waals surface area contributed by atoms with Gasteiger partial charge in [-0.25, -0.2) is 0 Å². The van der Waals surface area contributed by atoms with Gasteiger partial charge in [0.05, 0.1) is 0 Å². The molecule has 156 valence electrons. The molecule has 4 rings (SSSR count). The molecular weight excluding hydrogens is 385 g/mol. The fourth-order valence-electron chi connectivity index (χ4n) is 4.74. The largest absolute Gasteiger partial charge is 0.471 e. The van der Waals surface area contributed by atoms with Crippen LogP contribution in [0.3, 0.4) is 0 Å². The molecule has 1 amide bonds. The van der Waals surface area contributed by atoms with E-state index >= 15 is 0 Å². The summed E-state index contributed by atoms with van der Waals surface area (Å²) in [6.07, 6.45) is -0.859. The molecule has 1 aromatic carbocycles. The Labute approximate surface area is 166 Å².